The Balaban J connectivity index is 2.13. The summed E-state index contributed by atoms with van der Waals surface area (Å²) in [5.41, 5.74) is 3.29. The van der Waals surface area contributed by atoms with Gasteiger partial charge >= 0.3 is 0 Å². The second-order valence-corrected chi connectivity index (χ2v) is 5.43. The molecule has 2 rings (SSSR count). The van der Waals surface area contributed by atoms with E-state index >= 15 is 0 Å². The molecule has 0 heterocycles. The van der Waals surface area contributed by atoms with Crippen LogP contribution in [0.15, 0.2) is 54.6 Å². The van der Waals surface area contributed by atoms with Gasteiger partial charge in [0.2, 0.25) is 0 Å². The molecule has 0 aliphatic rings. The van der Waals surface area contributed by atoms with Crippen molar-refractivity contribution in [1.29, 1.82) is 0 Å². The predicted molar refractivity (Wildman–Crippen MR) is 104 cm³/mol. The quantitative estimate of drug-likeness (QED) is 0.648. The van der Waals surface area contributed by atoms with Gasteiger partial charge in [-0.15, -0.1) is 0 Å². The van der Waals surface area contributed by atoms with Crippen molar-refractivity contribution in [3.8, 4) is 23.7 Å². The first-order valence-corrected chi connectivity index (χ1v) is 8.35. The average Bonchev–Trinajstić information content (AvgIpc) is 2.67. The van der Waals surface area contributed by atoms with Gasteiger partial charge < -0.3 is 10.2 Å². The second-order valence-electron chi connectivity index (χ2n) is 5.43. The zero-order chi connectivity index (χ0) is 17.7. The molecule has 0 fully saturated rings. The lowest BCUT2D eigenvalue weighted by atomic mass is 9.98. The van der Waals surface area contributed by atoms with E-state index in [2.05, 4.69) is 48.0 Å². The minimum absolute atomic E-state index is 0.0486. The molecule has 2 nitrogen and oxygen atoms in total. The smallest absolute Gasteiger partial charge is 0.106 e. The third kappa shape index (κ3) is 6.69. The molecule has 0 aromatic heterocycles. The van der Waals surface area contributed by atoms with E-state index in [1.165, 1.54) is 0 Å². The van der Waals surface area contributed by atoms with Gasteiger partial charge in [0, 0.05) is 12.8 Å². The summed E-state index contributed by atoms with van der Waals surface area (Å²) in [7, 11) is 0. The molecule has 0 bridgehead atoms. The molecule has 126 valence electrons. The average molecular weight is 330 g/mol. The maximum absolute atomic E-state index is 8.87. The van der Waals surface area contributed by atoms with E-state index < -0.39 is 0 Å². The Hall–Kier alpha value is -2.78. The number of aliphatic hydroxyl groups is 2. The van der Waals surface area contributed by atoms with Crippen LogP contribution in [-0.2, 0) is 0 Å². The lowest BCUT2D eigenvalue weighted by Crippen LogP contribution is -1.93. The highest BCUT2D eigenvalue weighted by Gasteiger charge is 2.04. The van der Waals surface area contributed by atoms with Crippen molar-refractivity contribution in [2.45, 2.75) is 18.8 Å². The molecule has 0 amide bonds. The number of hydrogen-bond donors (Lipinski definition) is 2. The first-order valence-electron chi connectivity index (χ1n) is 8.35. The van der Waals surface area contributed by atoms with Gasteiger partial charge in [-0.2, -0.15) is 0 Å². The van der Waals surface area contributed by atoms with Crippen LogP contribution in [0.4, 0.5) is 0 Å². The summed E-state index contributed by atoms with van der Waals surface area (Å²) in [6.07, 6.45) is 5.03. The standard InChI is InChI=1S/C23H22O2/c24-18-6-4-10-22(11-5-7-19-25)23-16-14-21(15-17-23)13-12-20-8-2-1-3-9-20/h1-3,8-9,12-17,22,24-25H,6-7,18-19H2/b13-12+. The highest BCUT2D eigenvalue weighted by atomic mass is 16.3. The molecule has 2 aromatic rings. The Morgan fingerprint density at radius 2 is 1.24 bits per heavy atom. The maximum Gasteiger partial charge on any atom is 0.106 e. The highest BCUT2D eigenvalue weighted by Crippen LogP contribution is 2.17. The molecule has 0 unspecified atom stereocenters. The van der Waals surface area contributed by atoms with Crippen LogP contribution >= 0.6 is 0 Å². The molecule has 0 saturated carbocycles. The van der Waals surface area contributed by atoms with Gasteiger partial charge in [-0.3, -0.25) is 0 Å². The van der Waals surface area contributed by atoms with E-state index in [4.69, 9.17) is 10.2 Å². The van der Waals surface area contributed by atoms with Crippen molar-refractivity contribution in [3.63, 3.8) is 0 Å². The van der Waals surface area contributed by atoms with Gasteiger partial charge in [0.05, 0.1) is 13.2 Å². The van der Waals surface area contributed by atoms with E-state index in [1.54, 1.807) is 0 Å². The minimum atomic E-state index is -0.203. The van der Waals surface area contributed by atoms with Crippen molar-refractivity contribution < 1.29 is 10.2 Å². The van der Waals surface area contributed by atoms with Gasteiger partial charge in [-0.25, -0.2) is 0 Å². The van der Waals surface area contributed by atoms with Crippen LogP contribution in [0.1, 0.15) is 35.4 Å². The summed E-state index contributed by atoms with van der Waals surface area (Å²) in [6.45, 7) is 0.0972. The summed E-state index contributed by atoms with van der Waals surface area (Å²) >= 11 is 0. The zero-order valence-corrected chi connectivity index (χ0v) is 14.2. The van der Waals surface area contributed by atoms with E-state index in [9.17, 15) is 0 Å². The minimum Gasteiger partial charge on any atom is -0.395 e. The van der Waals surface area contributed by atoms with Crippen LogP contribution in [0.5, 0.6) is 0 Å². The SMILES string of the molecule is OCCC#CC(C#CCCO)c1ccc(/C=C/c2ccccc2)cc1. The van der Waals surface area contributed by atoms with Gasteiger partial charge in [0.1, 0.15) is 5.92 Å². The fourth-order valence-corrected chi connectivity index (χ4v) is 2.22. The van der Waals surface area contributed by atoms with Crippen LogP contribution in [0.3, 0.4) is 0 Å². The Labute approximate surface area is 149 Å². The number of benzene rings is 2. The van der Waals surface area contributed by atoms with Crippen molar-refractivity contribution in [3.05, 3.63) is 71.3 Å². The monoisotopic (exact) mass is 330 g/mol. The summed E-state index contributed by atoms with van der Waals surface area (Å²) in [5, 5.41) is 17.7. The molecule has 0 aliphatic carbocycles. The second kappa shape index (κ2) is 10.9. The number of rotatable bonds is 5. The maximum atomic E-state index is 8.87. The molecule has 0 radical (unpaired) electrons. The molecule has 2 N–H and O–H groups in total. The molecule has 0 aliphatic heterocycles. The highest BCUT2D eigenvalue weighted by molar-refractivity contribution is 5.69. The predicted octanol–water partition coefficient (Wildman–Crippen LogP) is 3.71. The Bertz CT molecular complexity index is 757. The van der Waals surface area contributed by atoms with Crippen LogP contribution in [0.2, 0.25) is 0 Å². The van der Waals surface area contributed by atoms with Crippen LogP contribution in [-0.4, -0.2) is 23.4 Å². The topological polar surface area (TPSA) is 40.5 Å². The molecule has 25 heavy (non-hydrogen) atoms. The lowest BCUT2D eigenvalue weighted by molar-refractivity contribution is 0.304. The lowest BCUT2D eigenvalue weighted by Gasteiger charge is -2.05. The molecule has 0 atom stereocenters. The van der Waals surface area contributed by atoms with Crippen LogP contribution in [0.25, 0.3) is 12.2 Å². The summed E-state index contributed by atoms with van der Waals surface area (Å²) in [6, 6.07) is 18.3. The third-order valence-corrected chi connectivity index (χ3v) is 3.50. The van der Waals surface area contributed by atoms with Crippen molar-refractivity contribution in [2.75, 3.05) is 13.2 Å². The normalized spacial score (nSPS) is 10.2. The van der Waals surface area contributed by atoms with Crippen LogP contribution < -0.4 is 0 Å². The fraction of sp³-hybridized carbons (Fsp3) is 0.217. The molecule has 2 aromatic carbocycles. The summed E-state index contributed by atoms with van der Waals surface area (Å²) in [4.78, 5) is 0. The molecular weight excluding hydrogens is 308 g/mol. The van der Waals surface area contributed by atoms with Crippen LogP contribution in [0, 0.1) is 23.7 Å². The number of aliphatic hydroxyl groups excluding tert-OH is 2. The van der Waals surface area contributed by atoms with Gasteiger partial charge in [-0.1, -0.05) is 90.4 Å². The van der Waals surface area contributed by atoms with E-state index in [0.29, 0.717) is 12.8 Å². The molecule has 0 saturated heterocycles. The van der Waals surface area contributed by atoms with Crippen molar-refractivity contribution >= 4 is 12.2 Å². The summed E-state index contributed by atoms with van der Waals surface area (Å²) in [5.74, 6) is 11.9. The largest absolute Gasteiger partial charge is 0.395 e. The first-order chi connectivity index (χ1) is 12.3. The van der Waals surface area contributed by atoms with Crippen molar-refractivity contribution in [2.24, 2.45) is 0 Å². The Morgan fingerprint density at radius 3 is 1.76 bits per heavy atom. The number of hydrogen-bond acceptors (Lipinski definition) is 2. The van der Waals surface area contributed by atoms with Gasteiger partial charge in [0.15, 0.2) is 0 Å². The third-order valence-electron chi connectivity index (χ3n) is 3.50. The van der Waals surface area contributed by atoms with E-state index in [0.717, 1.165) is 16.7 Å². The summed E-state index contributed by atoms with van der Waals surface area (Å²) < 4.78 is 0. The Kier molecular flexibility index (Phi) is 8.09. The van der Waals surface area contributed by atoms with E-state index in [-0.39, 0.29) is 19.1 Å². The Morgan fingerprint density at radius 1 is 0.720 bits per heavy atom. The first kappa shape index (κ1) is 18.6. The zero-order valence-electron chi connectivity index (χ0n) is 14.2. The van der Waals surface area contributed by atoms with E-state index in [1.807, 2.05) is 42.5 Å². The van der Waals surface area contributed by atoms with Gasteiger partial charge in [0.25, 0.3) is 0 Å². The molecular formula is C23H22O2. The fourth-order valence-electron chi connectivity index (χ4n) is 2.22. The van der Waals surface area contributed by atoms with Gasteiger partial charge in [-0.05, 0) is 16.7 Å². The van der Waals surface area contributed by atoms with Crippen molar-refractivity contribution in [1.82, 2.24) is 0 Å². The molecule has 2 heteroatoms. The molecule has 0 spiro atoms.